The summed E-state index contributed by atoms with van der Waals surface area (Å²) < 4.78 is 71.3. The van der Waals surface area contributed by atoms with Crippen molar-refractivity contribution >= 4 is 27.5 Å². The number of phenolic OH excluding ortho intramolecular Hbond substituents is 1. The third-order valence-electron chi connectivity index (χ3n) is 11.9. The number of anilines is 1. The molecule has 0 radical (unpaired) electrons. The molecule has 0 spiro atoms. The maximum Gasteiger partial charge on any atom is 0.319 e. The Morgan fingerprint density at radius 2 is 1.76 bits per heavy atom. The van der Waals surface area contributed by atoms with Crippen molar-refractivity contribution in [1.82, 2.24) is 19.9 Å². The Morgan fingerprint density at radius 1 is 0.981 bits per heavy atom. The third-order valence-corrected chi connectivity index (χ3v) is 11.9. The quantitative estimate of drug-likeness (QED) is 0.214. The number of nitrogens with zero attached hydrogens (tertiary/aromatic N) is 5. The molecule has 11 nitrogen and oxygen atoms in total. The predicted octanol–water partition coefficient (Wildman–Crippen LogP) is 6.53. The molecule has 14 heteroatoms. The lowest BCUT2D eigenvalue weighted by Gasteiger charge is -2.51. The molecule has 4 fully saturated rings. The molecule has 1 saturated carbocycles. The Bertz CT molecular complexity index is 2060. The summed E-state index contributed by atoms with van der Waals surface area (Å²) >= 11 is 0. The van der Waals surface area contributed by atoms with Gasteiger partial charge in [0.1, 0.15) is 33.8 Å². The van der Waals surface area contributed by atoms with Gasteiger partial charge in [-0.2, -0.15) is 9.97 Å². The molecule has 290 valence electrons. The zero-order chi connectivity index (χ0) is 37.9. The smallest absolute Gasteiger partial charge is 0.319 e. The fourth-order valence-corrected chi connectivity index (χ4v) is 9.70. The average Bonchev–Trinajstić information content (AvgIpc) is 3.48. The standard InChI is InChI=1S/C40H48F3N5O6/c1-22-15-25(16-23(2)54-22)48-12-6-11-40(10-5-7-29(40)48)21-53-38-45-35-31(36(46-38)47-13-14-52-20-39(3,50)19-47)37(51-4)44-34(33(35)43)27-18-26(49)17-24-8-9-28(41)32(42)30(24)27/h8-9,17-18,22-23,25,29,49-50H,5-7,10-16,19-21H2,1-4H3. The number of pyridine rings is 1. The highest BCUT2D eigenvalue weighted by molar-refractivity contribution is 6.02. The third kappa shape index (κ3) is 6.69. The minimum absolute atomic E-state index is 0.0659. The summed E-state index contributed by atoms with van der Waals surface area (Å²) in [4.78, 5) is 18.4. The van der Waals surface area contributed by atoms with Crippen LogP contribution in [0.1, 0.15) is 65.7 Å². The van der Waals surface area contributed by atoms with Crippen LogP contribution < -0.4 is 14.4 Å². The number of ether oxygens (including phenoxy) is 4. The Balaban J connectivity index is 1.24. The summed E-state index contributed by atoms with van der Waals surface area (Å²) in [6.07, 6.45) is 7.50. The Kier molecular flexibility index (Phi) is 9.77. The molecule has 2 N–H and O–H groups in total. The van der Waals surface area contributed by atoms with Crippen LogP contribution in [0, 0.1) is 22.9 Å². The molecule has 0 bridgehead atoms. The highest BCUT2D eigenvalue weighted by atomic mass is 19.2. The molecule has 3 aliphatic heterocycles. The number of fused-ring (bicyclic) bond motifs is 3. The van der Waals surface area contributed by atoms with Crippen molar-refractivity contribution in [2.45, 2.75) is 95.6 Å². The zero-order valence-corrected chi connectivity index (χ0v) is 31.2. The minimum Gasteiger partial charge on any atom is -0.508 e. The largest absolute Gasteiger partial charge is 0.508 e. The van der Waals surface area contributed by atoms with E-state index in [4.69, 9.17) is 23.9 Å². The van der Waals surface area contributed by atoms with Gasteiger partial charge in [0, 0.05) is 35.0 Å². The number of hydrogen-bond donors (Lipinski definition) is 2. The van der Waals surface area contributed by atoms with Crippen LogP contribution in [-0.2, 0) is 9.47 Å². The number of likely N-dealkylation sites (tertiary alicyclic amines) is 1. The van der Waals surface area contributed by atoms with Crippen molar-refractivity contribution in [3.05, 3.63) is 41.7 Å². The minimum atomic E-state index is -1.27. The molecule has 4 aliphatic rings. The Labute approximate surface area is 312 Å². The van der Waals surface area contributed by atoms with Crippen molar-refractivity contribution in [2.24, 2.45) is 5.41 Å². The molecule has 5 heterocycles. The van der Waals surface area contributed by atoms with Gasteiger partial charge in [-0.15, -0.1) is 0 Å². The van der Waals surface area contributed by atoms with Crippen LogP contribution in [0.3, 0.4) is 0 Å². The van der Waals surface area contributed by atoms with Crippen LogP contribution in [0.2, 0.25) is 0 Å². The van der Waals surface area contributed by atoms with Crippen LogP contribution >= 0.6 is 0 Å². The number of phenols is 1. The molecule has 5 atom stereocenters. The summed E-state index contributed by atoms with van der Waals surface area (Å²) in [6, 6.07) is 5.32. The number of halogens is 3. The van der Waals surface area contributed by atoms with Crippen molar-refractivity contribution < 1.29 is 42.3 Å². The van der Waals surface area contributed by atoms with Gasteiger partial charge in [0.15, 0.2) is 17.5 Å². The van der Waals surface area contributed by atoms with Crippen LogP contribution in [0.4, 0.5) is 19.0 Å². The summed E-state index contributed by atoms with van der Waals surface area (Å²) in [5.41, 5.74) is -2.21. The van der Waals surface area contributed by atoms with E-state index in [0.29, 0.717) is 25.2 Å². The molecule has 2 aromatic carbocycles. The first-order valence-corrected chi connectivity index (χ1v) is 19.0. The molecule has 2 aromatic heterocycles. The maximum absolute atomic E-state index is 17.2. The first-order chi connectivity index (χ1) is 25.9. The zero-order valence-electron chi connectivity index (χ0n) is 31.2. The lowest BCUT2D eigenvalue weighted by molar-refractivity contribution is -0.0967. The highest BCUT2D eigenvalue weighted by Crippen LogP contribution is 2.50. The lowest BCUT2D eigenvalue weighted by Crippen LogP contribution is -2.57. The van der Waals surface area contributed by atoms with Gasteiger partial charge < -0.3 is 34.1 Å². The van der Waals surface area contributed by atoms with Gasteiger partial charge in [0.05, 0.1) is 45.7 Å². The van der Waals surface area contributed by atoms with E-state index in [1.54, 1.807) is 11.8 Å². The SMILES string of the molecule is COc1nc(-c2cc(O)cc3ccc(F)c(F)c23)c(F)c2nc(OCC34CCCC3N(C3CC(C)OC(C)C3)CCC4)nc(N3CCOCC(C)(O)C3)c12. The Hall–Kier alpha value is -3.98. The van der Waals surface area contributed by atoms with E-state index in [2.05, 4.69) is 28.7 Å². The number of piperidine rings is 1. The maximum atomic E-state index is 17.2. The Morgan fingerprint density at radius 3 is 2.54 bits per heavy atom. The monoisotopic (exact) mass is 751 g/mol. The van der Waals surface area contributed by atoms with Crippen molar-refractivity contribution in [1.29, 1.82) is 0 Å². The van der Waals surface area contributed by atoms with E-state index in [9.17, 15) is 14.6 Å². The summed E-state index contributed by atoms with van der Waals surface area (Å²) in [7, 11) is 1.36. The number of methoxy groups -OCH3 is 1. The first kappa shape index (κ1) is 37.0. The van der Waals surface area contributed by atoms with Gasteiger partial charge in [-0.25, -0.2) is 18.2 Å². The molecular formula is C40H48F3N5O6. The van der Waals surface area contributed by atoms with Gasteiger partial charge in [-0.1, -0.05) is 12.5 Å². The van der Waals surface area contributed by atoms with E-state index >= 15 is 8.78 Å². The van der Waals surface area contributed by atoms with Gasteiger partial charge in [-0.3, -0.25) is 4.90 Å². The summed E-state index contributed by atoms with van der Waals surface area (Å²) in [6.45, 7) is 8.04. The molecule has 5 unspecified atom stereocenters. The molecule has 4 aromatic rings. The van der Waals surface area contributed by atoms with Crippen molar-refractivity contribution in [3.8, 4) is 28.9 Å². The fraction of sp³-hybridized carbons (Fsp3) is 0.575. The van der Waals surface area contributed by atoms with Gasteiger partial charge in [-0.05, 0) is 89.4 Å². The van der Waals surface area contributed by atoms with E-state index in [1.807, 2.05) is 0 Å². The molecule has 1 aliphatic carbocycles. The van der Waals surface area contributed by atoms with E-state index < -0.39 is 28.7 Å². The average molecular weight is 752 g/mol. The lowest BCUT2D eigenvalue weighted by atomic mass is 9.74. The van der Waals surface area contributed by atoms with Gasteiger partial charge in [0.2, 0.25) is 5.88 Å². The van der Waals surface area contributed by atoms with Crippen LogP contribution in [0.15, 0.2) is 24.3 Å². The number of β-amino-alcohol motifs (C(OH)–C–C–N with tert-alkyl or cyclic N) is 1. The predicted molar refractivity (Wildman–Crippen MR) is 197 cm³/mol. The summed E-state index contributed by atoms with van der Waals surface area (Å²) in [5.74, 6) is -3.46. The van der Waals surface area contributed by atoms with Gasteiger partial charge >= 0.3 is 6.01 Å². The van der Waals surface area contributed by atoms with Crippen LogP contribution in [-0.4, -0.2) is 107 Å². The van der Waals surface area contributed by atoms with Crippen molar-refractivity contribution in [2.75, 3.05) is 51.5 Å². The molecule has 8 rings (SSSR count). The topological polar surface area (TPSA) is 123 Å². The molecule has 3 saturated heterocycles. The normalized spacial score (nSPS) is 29.4. The second kappa shape index (κ2) is 14.3. The number of aliphatic hydroxyl groups is 1. The molecular weight excluding hydrogens is 703 g/mol. The molecule has 54 heavy (non-hydrogen) atoms. The highest BCUT2D eigenvalue weighted by Gasteiger charge is 2.51. The fourth-order valence-electron chi connectivity index (χ4n) is 9.70. The number of aromatic hydroxyl groups is 1. The second-order valence-electron chi connectivity index (χ2n) is 16.0. The van der Waals surface area contributed by atoms with Gasteiger partial charge in [0.25, 0.3) is 0 Å². The summed E-state index contributed by atoms with van der Waals surface area (Å²) in [5, 5.41) is 21.8. The van der Waals surface area contributed by atoms with E-state index in [0.717, 1.165) is 63.6 Å². The number of hydrogen-bond acceptors (Lipinski definition) is 11. The van der Waals surface area contributed by atoms with E-state index in [-0.39, 0.29) is 88.1 Å². The van der Waals surface area contributed by atoms with E-state index in [1.165, 1.54) is 19.2 Å². The first-order valence-electron chi connectivity index (χ1n) is 19.0. The van der Waals surface area contributed by atoms with Crippen LogP contribution in [0.25, 0.3) is 32.9 Å². The molecule has 0 amide bonds. The second-order valence-corrected chi connectivity index (χ2v) is 16.0. The number of aromatic nitrogens is 3. The van der Waals surface area contributed by atoms with Crippen molar-refractivity contribution in [3.63, 3.8) is 0 Å². The number of benzene rings is 2. The van der Waals surface area contributed by atoms with Crippen LogP contribution in [0.5, 0.6) is 17.6 Å². The number of rotatable bonds is 7.